The van der Waals surface area contributed by atoms with Gasteiger partial charge in [0.05, 0.1) is 6.10 Å². The van der Waals surface area contributed by atoms with Gasteiger partial charge in [-0.15, -0.1) is 0 Å². The lowest BCUT2D eigenvalue weighted by Gasteiger charge is -2.34. The van der Waals surface area contributed by atoms with Crippen molar-refractivity contribution in [3.05, 3.63) is 35.6 Å². The number of unbranched alkanes of at least 4 members (excludes halogenated alkanes) is 1. The Balaban J connectivity index is 1.78. The fourth-order valence-corrected chi connectivity index (χ4v) is 3.21. The van der Waals surface area contributed by atoms with E-state index >= 15 is 0 Å². The van der Waals surface area contributed by atoms with Crippen LogP contribution in [0.25, 0.3) is 0 Å². The fraction of sp³-hybridized carbons (Fsp3) is 0.632. The zero-order chi connectivity index (χ0) is 17.5. The summed E-state index contributed by atoms with van der Waals surface area (Å²) >= 11 is 0. The number of piperidine rings is 1. The molecule has 1 amide bonds. The Morgan fingerprint density at radius 3 is 2.54 bits per heavy atom. The molecule has 1 heterocycles. The zero-order valence-electron chi connectivity index (χ0n) is 14.7. The summed E-state index contributed by atoms with van der Waals surface area (Å²) < 4.78 is 12.9. The lowest BCUT2D eigenvalue weighted by Crippen LogP contribution is -2.42. The average Bonchev–Trinajstić information content (AvgIpc) is 2.60. The molecular formula is C19H29FN2O2. The number of rotatable bonds is 7. The Labute approximate surface area is 144 Å². The Morgan fingerprint density at radius 1 is 1.33 bits per heavy atom. The van der Waals surface area contributed by atoms with Crippen molar-refractivity contribution in [2.45, 2.75) is 38.7 Å². The quantitative estimate of drug-likeness (QED) is 0.833. The van der Waals surface area contributed by atoms with Gasteiger partial charge in [-0.1, -0.05) is 25.5 Å². The Hall–Kier alpha value is -1.46. The van der Waals surface area contributed by atoms with E-state index in [0.29, 0.717) is 6.54 Å². The number of aliphatic hydroxyl groups is 1. The zero-order valence-corrected chi connectivity index (χ0v) is 14.7. The maximum Gasteiger partial charge on any atom is 0.225 e. The summed E-state index contributed by atoms with van der Waals surface area (Å²) in [5.41, 5.74) is 0.730. The first-order valence-electron chi connectivity index (χ1n) is 8.92. The number of hydrogen-bond donors (Lipinski definition) is 1. The number of halogens is 1. The SMILES string of the molecule is CCCCN(C)C(=O)C1CCN(CC(O)c2ccc(F)cc2)CC1. The normalized spacial score (nSPS) is 17.7. The second kappa shape index (κ2) is 9.14. The van der Waals surface area contributed by atoms with Crippen LogP contribution in [0.15, 0.2) is 24.3 Å². The molecule has 1 atom stereocenters. The van der Waals surface area contributed by atoms with E-state index in [2.05, 4.69) is 11.8 Å². The molecule has 1 aliphatic heterocycles. The van der Waals surface area contributed by atoms with Gasteiger partial charge in [-0.25, -0.2) is 4.39 Å². The Kier molecular flexibility index (Phi) is 7.18. The molecule has 0 radical (unpaired) electrons. The van der Waals surface area contributed by atoms with Crippen LogP contribution in [0.2, 0.25) is 0 Å². The molecule has 0 bridgehead atoms. The summed E-state index contributed by atoms with van der Waals surface area (Å²) in [5, 5.41) is 10.3. The van der Waals surface area contributed by atoms with Crippen LogP contribution in [0.3, 0.4) is 0 Å². The second-order valence-electron chi connectivity index (χ2n) is 6.76. The third-order valence-corrected chi connectivity index (χ3v) is 4.85. The standard InChI is InChI=1S/C19H29FN2O2/c1-3-4-11-21(2)19(24)16-9-12-22(13-10-16)14-18(23)15-5-7-17(20)8-6-15/h5-8,16,18,23H,3-4,9-14H2,1-2H3. The van der Waals surface area contributed by atoms with Crippen LogP contribution in [0.1, 0.15) is 44.3 Å². The monoisotopic (exact) mass is 336 g/mol. The van der Waals surface area contributed by atoms with Crippen LogP contribution in [0.4, 0.5) is 4.39 Å². The molecule has 5 heteroatoms. The number of nitrogens with zero attached hydrogens (tertiary/aromatic N) is 2. The maximum absolute atomic E-state index is 12.9. The molecule has 0 aromatic heterocycles. The van der Waals surface area contributed by atoms with Crippen molar-refractivity contribution in [3.8, 4) is 0 Å². The van der Waals surface area contributed by atoms with E-state index in [-0.39, 0.29) is 17.6 Å². The van der Waals surface area contributed by atoms with Crippen LogP contribution in [-0.4, -0.2) is 54.0 Å². The first kappa shape index (κ1) is 18.9. The molecule has 0 saturated carbocycles. The molecule has 0 spiro atoms. The van der Waals surface area contributed by atoms with Gasteiger partial charge in [0.2, 0.25) is 5.91 Å². The minimum Gasteiger partial charge on any atom is -0.387 e. The van der Waals surface area contributed by atoms with Crippen molar-refractivity contribution < 1.29 is 14.3 Å². The van der Waals surface area contributed by atoms with E-state index in [1.165, 1.54) is 12.1 Å². The van der Waals surface area contributed by atoms with E-state index < -0.39 is 6.10 Å². The average molecular weight is 336 g/mol. The summed E-state index contributed by atoms with van der Waals surface area (Å²) in [6, 6.07) is 5.99. The van der Waals surface area contributed by atoms with Crippen molar-refractivity contribution >= 4 is 5.91 Å². The lowest BCUT2D eigenvalue weighted by atomic mass is 9.94. The molecule has 1 aliphatic rings. The molecule has 1 fully saturated rings. The number of β-amino-alcohol motifs (C(OH)–C–C–N with tert-alkyl or cyclic N) is 1. The van der Waals surface area contributed by atoms with E-state index in [1.54, 1.807) is 12.1 Å². The third-order valence-electron chi connectivity index (χ3n) is 4.85. The number of aliphatic hydroxyl groups excluding tert-OH is 1. The molecule has 134 valence electrons. The molecule has 1 saturated heterocycles. The highest BCUT2D eigenvalue weighted by atomic mass is 19.1. The minimum atomic E-state index is -0.620. The summed E-state index contributed by atoms with van der Waals surface area (Å²) in [7, 11) is 1.89. The third kappa shape index (κ3) is 5.28. The van der Waals surface area contributed by atoms with E-state index in [9.17, 15) is 14.3 Å². The van der Waals surface area contributed by atoms with Gasteiger partial charge >= 0.3 is 0 Å². The minimum absolute atomic E-state index is 0.103. The van der Waals surface area contributed by atoms with Gasteiger partial charge in [-0.2, -0.15) is 0 Å². The highest BCUT2D eigenvalue weighted by Crippen LogP contribution is 2.22. The molecule has 0 aliphatic carbocycles. The smallest absolute Gasteiger partial charge is 0.225 e. The summed E-state index contributed by atoms with van der Waals surface area (Å²) in [4.78, 5) is 16.5. The van der Waals surface area contributed by atoms with Crippen LogP contribution in [0, 0.1) is 11.7 Å². The largest absolute Gasteiger partial charge is 0.387 e. The van der Waals surface area contributed by atoms with Gasteiger partial charge in [-0.05, 0) is 50.0 Å². The summed E-state index contributed by atoms with van der Waals surface area (Å²) in [6.45, 7) is 5.12. The van der Waals surface area contributed by atoms with Crippen molar-refractivity contribution in [2.24, 2.45) is 5.92 Å². The summed E-state index contributed by atoms with van der Waals surface area (Å²) in [5.74, 6) is 0.0609. The van der Waals surface area contributed by atoms with Crippen molar-refractivity contribution in [1.82, 2.24) is 9.80 Å². The molecule has 4 nitrogen and oxygen atoms in total. The molecule has 1 N–H and O–H groups in total. The fourth-order valence-electron chi connectivity index (χ4n) is 3.21. The maximum atomic E-state index is 12.9. The van der Waals surface area contributed by atoms with Crippen LogP contribution in [-0.2, 0) is 4.79 Å². The number of benzene rings is 1. The van der Waals surface area contributed by atoms with E-state index in [4.69, 9.17) is 0 Å². The highest BCUT2D eigenvalue weighted by molar-refractivity contribution is 5.78. The van der Waals surface area contributed by atoms with Crippen LogP contribution >= 0.6 is 0 Å². The number of carbonyl (C=O) groups is 1. The van der Waals surface area contributed by atoms with Gasteiger partial charge in [-0.3, -0.25) is 4.79 Å². The first-order valence-corrected chi connectivity index (χ1v) is 8.92. The van der Waals surface area contributed by atoms with Crippen LogP contribution in [0.5, 0.6) is 0 Å². The first-order chi connectivity index (χ1) is 11.5. The Bertz CT molecular complexity index is 513. The van der Waals surface area contributed by atoms with Gasteiger partial charge in [0.15, 0.2) is 0 Å². The predicted octanol–water partition coefficient (Wildman–Crippen LogP) is 2.83. The van der Waals surface area contributed by atoms with Crippen molar-refractivity contribution in [1.29, 1.82) is 0 Å². The Morgan fingerprint density at radius 2 is 1.96 bits per heavy atom. The van der Waals surface area contributed by atoms with Gasteiger partial charge in [0, 0.05) is 26.1 Å². The highest BCUT2D eigenvalue weighted by Gasteiger charge is 2.27. The molecular weight excluding hydrogens is 307 g/mol. The van der Waals surface area contributed by atoms with Crippen molar-refractivity contribution in [2.75, 3.05) is 33.2 Å². The van der Waals surface area contributed by atoms with E-state index in [0.717, 1.165) is 50.9 Å². The molecule has 2 rings (SSSR count). The molecule has 1 aromatic rings. The van der Waals surface area contributed by atoms with Gasteiger partial charge < -0.3 is 14.9 Å². The van der Waals surface area contributed by atoms with Gasteiger partial charge in [0.1, 0.15) is 5.82 Å². The van der Waals surface area contributed by atoms with Gasteiger partial charge in [0.25, 0.3) is 0 Å². The summed E-state index contributed by atoms with van der Waals surface area (Å²) in [6.07, 6.45) is 3.20. The topological polar surface area (TPSA) is 43.8 Å². The molecule has 1 unspecified atom stereocenters. The molecule has 1 aromatic carbocycles. The second-order valence-corrected chi connectivity index (χ2v) is 6.76. The lowest BCUT2D eigenvalue weighted by molar-refractivity contribution is -0.135. The number of hydrogen-bond acceptors (Lipinski definition) is 3. The number of carbonyl (C=O) groups excluding carboxylic acids is 1. The predicted molar refractivity (Wildman–Crippen MR) is 93.1 cm³/mol. The van der Waals surface area contributed by atoms with Crippen molar-refractivity contribution in [3.63, 3.8) is 0 Å². The number of likely N-dealkylation sites (tertiary alicyclic amines) is 1. The molecule has 24 heavy (non-hydrogen) atoms. The van der Waals surface area contributed by atoms with E-state index in [1.807, 2.05) is 11.9 Å². The van der Waals surface area contributed by atoms with Crippen LogP contribution < -0.4 is 0 Å². The number of amides is 1.